The third-order valence-corrected chi connectivity index (χ3v) is 1.84. The minimum absolute atomic E-state index is 0. The third-order valence-electron chi connectivity index (χ3n) is 1.84. The van der Waals surface area contributed by atoms with E-state index in [-0.39, 0.29) is 30.7 Å². The summed E-state index contributed by atoms with van der Waals surface area (Å²) < 4.78 is 0. The summed E-state index contributed by atoms with van der Waals surface area (Å²) in [5.41, 5.74) is 10.7. The number of carbonyl (C=O) groups excluding carboxylic acids is 1. The molecule has 0 aromatic heterocycles. The van der Waals surface area contributed by atoms with E-state index >= 15 is 0 Å². The summed E-state index contributed by atoms with van der Waals surface area (Å²) >= 11 is 0. The Morgan fingerprint density at radius 2 is 1.73 bits per heavy atom. The van der Waals surface area contributed by atoms with E-state index in [2.05, 4.69) is 5.32 Å². The van der Waals surface area contributed by atoms with Gasteiger partial charge in [0.05, 0.1) is 6.04 Å². The highest BCUT2D eigenvalue weighted by atomic mass is 35.5. The molecule has 0 spiro atoms. The van der Waals surface area contributed by atoms with Gasteiger partial charge in [0, 0.05) is 6.54 Å². The van der Waals surface area contributed by atoms with E-state index in [4.69, 9.17) is 11.5 Å². The van der Waals surface area contributed by atoms with E-state index in [1.807, 2.05) is 0 Å². The summed E-state index contributed by atoms with van der Waals surface area (Å²) in [4.78, 5) is 11.0. The first-order chi connectivity index (χ1) is 6.18. The summed E-state index contributed by atoms with van der Waals surface area (Å²) in [6, 6.07) is -0.399. The first-order valence-electron chi connectivity index (χ1n) is 4.92. The molecular weight excluding hydrogens is 237 g/mol. The molecule has 0 unspecified atom stereocenters. The fourth-order valence-corrected chi connectivity index (χ4v) is 0.995. The molecule has 0 bridgehead atoms. The monoisotopic (exact) mass is 259 g/mol. The molecule has 0 rings (SSSR count). The molecule has 15 heavy (non-hydrogen) atoms. The molecule has 94 valence electrons. The molecule has 0 saturated carbocycles. The molecular formula is C9H23Cl2N3O. The minimum atomic E-state index is -0.399. The van der Waals surface area contributed by atoms with Crippen molar-refractivity contribution >= 4 is 30.7 Å². The smallest absolute Gasteiger partial charge is 0.236 e. The molecule has 0 aromatic carbocycles. The molecule has 1 amide bonds. The topological polar surface area (TPSA) is 81.1 Å². The fourth-order valence-electron chi connectivity index (χ4n) is 0.995. The summed E-state index contributed by atoms with van der Waals surface area (Å²) in [6.45, 7) is 3.17. The van der Waals surface area contributed by atoms with Crippen LogP contribution in [0.25, 0.3) is 0 Å². The van der Waals surface area contributed by atoms with Gasteiger partial charge in [-0.15, -0.1) is 24.8 Å². The molecule has 0 fully saturated rings. The number of hydrogen-bond acceptors (Lipinski definition) is 3. The highest BCUT2D eigenvalue weighted by molar-refractivity contribution is 5.85. The Balaban J connectivity index is -0.000000720. The van der Waals surface area contributed by atoms with E-state index in [1.165, 1.54) is 0 Å². The SMILES string of the molecule is C[C@H](N)C(=O)NCCCCCCN.Cl.Cl. The van der Waals surface area contributed by atoms with Gasteiger partial charge in [0.2, 0.25) is 5.91 Å². The molecule has 0 radical (unpaired) electrons. The van der Waals surface area contributed by atoms with E-state index in [0.717, 1.165) is 38.8 Å². The van der Waals surface area contributed by atoms with Crippen molar-refractivity contribution in [1.29, 1.82) is 0 Å². The van der Waals surface area contributed by atoms with Crippen LogP contribution in [0.2, 0.25) is 0 Å². The lowest BCUT2D eigenvalue weighted by molar-refractivity contribution is -0.121. The quantitative estimate of drug-likeness (QED) is 0.592. The maximum atomic E-state index is 11.0. The summed E-state index contributed by atoms with van der Waals surface area (Å²) in [6.07, 6.45) is 4.35. The zero-order valence-electron chi connectivity index (χ0n) is 9.20. The van der Waals surface area contributed by atoms with Crippen LogP contribution in [0, 0.1) is 0 Å². The second kappa shape index (κ2) is 14.0. The first kappa shape index (κ1) is 20.4. The maximum absolute atomic E-state index is 11.0. The predicted octanol–water partition coefficient (Wildman–Crippen LogP) is 0.812. The molecule has 0 aromatic rings. The Kier molecular flexibility index (Phi) is 19.0. The van der Waals surface area contributed by atoms with Gasteiger partial charge in [-0.2, -0.15) is 0 Å². The number of hydrogen-bond donors (Lipinski definition) is 3. The molecule has 4 nitrogen and oxygen atoms in total. The van der Waals surface area contributed by atoms with E-state index in [0.29, 0.717) is 0 Å². The van der Waals surface area contributed by atoms with Crippen LogP contribution in [0.15, 0.2) is 0 Å². The van der Waals surface area contributed by atoms with Crippen molar-refractivity contribution in [2.45, 2.75) is 38.6 Å². The Morgan fingerprint density at radius 1 is 1.20 bits per heavy atom. The van der Waals surface area contributed by atoms with Crippen LogP contribution in [0.3, 0.4) is 0 Å². The van der Waals surface area contributed by atoms with Crippen LogP contribution in [0.5, 0.6) is 0 Å². The molecule has 0 heterocycles. The van der Waals surface area contributed by atoms with Crippen LogP contribution < -0.4 is 16.8 Å². The van der Waals surface area contributed by atoms with E-state index in [1.54, 1.807) is 6.92 Å². The number of nitrogens with two attached hydrogens (primary N) is 2. The Labute approximate surface area is 104 Å². The number of amides is 1. The van der Waals surface area contributed by atoms with Gasteiger partial charge < -0.3 is 16.8 Å². The minimum Gasteiger partial charge on any atom is -0.355 e. The van der Waals surface area contributed by atoms with Gasteiger partial charge in [0.15, 0.2) is 0 Å². The lowest BCUT2D eigenvalue weighted by Crippen LogP contribution is -2.38. The molecule has 0 aliphatic rings. The number of nitrogens with one attached hydrogen (secondary N) is 1. The normalized spacial score (nSPS) is 10.9. The van der Waals surface area contributed by atoms with Crippen molar-refractivity contribution in [3.8, 4) is 0 Å². The van der Waals surface area contributed by atoms with Gasteiger partial charge >= 0.3 is 0 Å². The van der Waals surface area contributed by atoms with Gasteiger partial charge in [-0.05, 0) is 26.3 Å². The van der Waals surface area contributed by atoms with Crippen LogP contribution in [-0.4, -0.2) is 25.0 Å². The standard InChI is InChI=1S/C9H21N3O.2ClH/c1-8(11)9(13)12-7-5-3-2-4-6-10;;/h8H,2-7,10-11H2,1H3,(H,12,13);2*1H/t8-;;/m0../s1. The fraction of sp³-hybridized carbons (Fsp3) is 0.889. The molecule has 6 heteroatoms. The van der Waals surface area contributed by atoms with E-state index < -0.39 is 6.04 Å². The second-order valence-corrected chi connectivity index (χ2v) is 3.28. The predicted molar refractivity (Wildman–Crippen MR) is 68.7 cm³/mol. The molecule has 0 aliphatic heterocycles. The number of carbonyl (C=O) groups is 1. The summed E-state index contributed by atoms with van der Waals surface area (Å²) in [5, 5.41) is 2.76. The van der Waals surface area contributed by atoms with Crippen molar-refractivity contribution in [3.63, 3.8) is 0 Å². The third kappa shape index (κ3) is 14.0. The molecule has 0 aliphatic carbocycles. The Bertz CT molecular complexity index is 145. The Morgan fingerprint density at radius 3 is 2.20 bits per heavy atom. The van der Waals surface area contributed by atoms with Crippen molar-refractivity contribution < 1.29 is 4.79 Å². The van der Waals surface area contributed by atoms with Crippen LogP contribution in [0.4, 0.5) is 0 Å². The summed E-state index contributed by atoms with van der Waals surface area (Å²) in [5.74, 6) is -0.0705. The van der Waals surface area contributed by atoms with Gasteiger partial charge in [-0.3, -0.25) is 4.79 Å². The lowest BCUT2D eigenvalue weighted by atomic mass is 10.2. The lowest BCUT2D eigenvalue weighted by Gasteiger charge is -2.06. The van der Waals surface area contributed by atoms with Crippen LogP contribution in [0.1, 0.15) is 32.6 Å². The van der Waals surface area contributed by atoms with Gasteiger partial charge in [0.1, 0.15) is 0 Å². The average Bonchev–Trinajstić information content (AvgIpc) is 2.10. The average molecular weight is 260 g/mol. The number of unbranched alkanes of at least 4 members (excludes halogenated alkanes) is 3. The molecule has 1 atom stereocenters. The molecule has 0 saturated heterocycles. The highest BCUT2D eigenvalue weighted by Gasteiger charge is 2.04. The number of rotatable bonds is 7. The Hall–Kier alpha value is -0.0300. The zero-order valence-corrected chi connectivity index (χ0v) is 10.8. The maximum Gasteiger partial charge on any atom is 0.236 e. The largest absolute Gasteiger partial charge is 0.355 e. The van der Waals surface area contributed by atoms with Crippen molar-refractivity contribution in [2.75, 3.05) is 13.1 Å². The van der Waals surface area contributed by atoms with Crippen LogP contribution >= 0.6 is 24.8 Å². The van der Waals surface area contributed by atoms with Gasteiger partial charge in [-0.25, -0.2) is 0 Å². The van der Waals surface area contributed by atoms with Crippen molar-refractivity contribution in [1.82, 2.24) is 5.32 Å². The van der Waals surface area contributed by atoms with Gasteiger partial charge in [-0.1, -0.05) is 12.8 Å². The van der Waals surface area contributed by atoms with Gasteiger partial charge in [0.25, 0.3) is 0 Å². The zero-order chi connectivity index (χ0) is 10.1. The number of halogens is 2. The highest BCUT2D eigenvalue weighted by Crippen LogP contribution is 1.96. The molecule has 5 N–H and O–H groups in total. The second-order valence-electron chi connectivity index (χ2n) is 3.28. The van der Waals surface area contributed by atoms with Crippen molar-refractivity contribution in [3.05, 3.63) is 0 Å². The van der Waals surface area contributed by atoms with Crippen molar-refractivity contribution in [2.24, 2.45) is 11.5 Å². The first-order valence-corrected chi connectivity index (χ1v) is 4.92. The van der Waals surface area contributed by atoms with E-state index in [9.17, 15) is 4.79 Å². The summed E-state index contributed by atoms with van der Waals surface area (Å²) in [7, 11) is 0. The van der Waals surface area contributed by atoms with Crippen LogP contribution in [-0.2, 0) is 4.79 Å².